The average molecular weight is 282 g/mol. The van der Waals surface area contributed by atoms with Gasteiger partial charge in [-0.25, -0.2) is 13.6 Å². The summed E-state index contributed by atoms with van der Waals surface area (Å²) >= 11 is 0. The second kappa shape index (κ2) is 6.61. The van der Waals surface area contributed by atoms with Crippen LogP contribution in [0.1, 0.15) is 23.7 Å². The van der Waals surface area contributed by atoms with Crippen molar-refractivity contribution in [2.75, 3.05) is 0 Å². The first-order valence-electron chi connectivity index (χ1n) is 5.73. The molecular formula is C13H12F2N2O3. The summed E-state index contributed by atoms with van der Waals surface area (Å²) in [6, 6.07) is 3.46. The third kappa shape index (κ3) is 3.51. The van der Waals surface area contributed by atoms with Crippen LogP contribution in [-0.2, 0) is 4.79 Å². The SMILES string of the molecule is C[C@@H](CC#N)[C@H](NC(=O)c1cccc(F)c1F)C(=O)O. The third-order valence-electron chi connectivity index (χ3n) is 2.73. The minimum Gasteiger partial charge on any atom is -0.480 e. The van der Waals surface area contributed by atoms with Gasteiger partial charge >= 0.3 is 5.97 Å². The van der Waals surface area contributed by atoms with Crippen LogP contribution >= 0.6 is 0 Å². The average Bonchev–Trinajstić information content (AvgIpc) is 2.38. The van der Waals surface area contributed by atoms with Crippen LogP contribution < -0.4 is 5.32 Å². The molecule has 20 heavy (non-hydrogen) atoms. The number of carboxylic acids is 1. The number of carbonyl (C=O) groups excluding carboxylic acids is 1. The largest absolute Gasteiger partial charge is 0.480 e. The van der Waals surface area contributed by atoms with Crippen LogP contribution in [0.3, 0.4) is 0 Å². The molecular weight excluding hydrogens is 270 g/mol. The van der Waals surface area contributed by atoms with E-state index in [0.717, 1.165) is 18.2 Å². The summed E-state index contributed by atoms with van der Waals surface area (Å²) in [7, 11) is 0. The Kier molecular flexibility index (Phi) is 5.15. The molecule has 0 unspecified atom stereocenters. The second-order valence-electron chi connectivity index (χ2n) is 4.23. The van der Waals surface area contributed by atoms with Gasteiger partial charge in [0.15, 0.2) is 11.6 Å². The lowest BCUT2D eigenvalue weighted by atomic mass is 9.98. The van der Waals surface area contributed by atoms with E-state index >= 15 is 0 Å². The molecule has 1 aromatic rings. The van der Waals surface area contributed by atoms with Gasteiger partial charge in [-0.05, 0) is 12.1 Å². The molecule has 0 bridgehead atoms. The van der Waals surface area contributed by atoms with E-state index in [1.165, 1.54) is 6.92 Å². The van der Waals surface area contributed by atoms with Crippen molar-refractivity contribution >= 4 is 11.9 Å². The fraction of sp³-hybridized carbons (Fsp3) is 0.308. The number of amides is 1. The first-order valence-corrected chi connectivity index (χ1v) is 5.73. The van der Waals surface area contributed by atoms with Crippen LogP contribution in [0, 0.1) is 28.9 Å². The zero-order valence-corrected chi connectivity index (χ0v) is 10.6. The first kappa shape index (κ1) is 15.6. The maximum atomic E-state index is 13.4. The van der Waals surface area contributed by atoms with Crippen LogP contribution in [0.15, 0.2) is 18.2 Å². The van der Waals surface area contributed by atoms with Gasteiger partial charge < -0.3 is 10.4 Å². The highest BCUT2D eigenvalue weighted by Crippen LogP contribution is 2.13. The number of carboxylic acid groups (broad SMARTS) is 1. The lowest BCUT2D eigenvalue weighted by molar-refractivity contribution is -0.140. The van der Waals surface area contributed by atoms with Gasteiger partial charge in [-0.2, -0.15) is 5.26 Å². The van der Waals surface area contributed by atoms with E-state index in [1.807, 2.05) is 0 Å². The number of hydrogen-bond acceptors (Lipinski definition) is 3. The predicted octanol–water partition coefficient (Wildman–Crippen LogP) is 1.70. The van der Waals surface area contributed by atoms with Gasteiger partial charge in [0.25, 0.3) is 5.91 Å². The zero-order chi connectivity index (χ0) is 15.3. The number of aliphatic carboxylic acids is 1. The summed E-state index contributed by atoms with van der Waals surface area (Å²) in [5, 5.41) is 19.6. The smallest absolute Gasteiger partial charge is 0.326 e. The predicted molar refractivity (Wildman–Crippen MR) is 64.6 cm³/mol. The number of nitriles is 1. The molecule has 0 saturated heterocycles. The monoisotopic (exact) mass is 282 g/mol. The van der Waals surface area contributed by atoms with Crippen molar-refractivity contribution < 1.29 is 23.5 Å². The molecule has 0 radical (unpaired) electrons. The van der Waals surface area contributed by atoms with Gasteiger partial charge in [0.05, 0.1) is 11.6 Å². The molecule has 0 saturated carbocycles. The van der Waals surface area contributed by atoms with Gasteiger partial charge in [-0.3, -0.25) is 4.79 Å². The number of nitrogens with one attached hydrogen (secondary N) is 1. The Morgan fingerprint density at radius 3 is 2.65 bits per heavy atom. The molecule has 1 amide bonds. The Morgan fingerprint density at radius 1 is 1.45 bits per heavy atom. The van der Waals surface area contributed by atoms with Crippen LogP contribution in [0.5, 0.6) is 0 Å². The van der Waals surface area contributed by atoms with Crippen molar-refractivity contribution in [1.29, 1.82) is 5.26 Å². The Bertz CT molecular complexity index is 569. The van der Waals surface area contributed by atoms with Crippen molar-refractivity contribution in [3.8, 4) is 6.07 Å². The van der Waals surface area contributed by atoms with Crippen LogP contribution in [-0.4, -0.2) is 23.0 Å². The molecule has 0 aromatic heterocycles. The number of rotatable bonds is 5. The summed E-state index contributed by atoms with van der Waals surface area (Å²) < 4.78 is 26.4. The summed E-state index contributed by atoms with van der Waals surface area (Å²) in [6.45, 7) is 1.46. The van der Waals surface area contributed by atoms with E-state index in [0.29, 0.717) is 0 Å². The number of benzene rings is 1. The molecule has 2 atom stereocenters. The van der Waals surface area contributed by atoms with Crippen LogP contribution in [0.25, 0.3) is 0 Å². The van der Waals surface area contributed by atoms with E-state index < -0.39 is 41.0 Å². The molecule has 2 N–H and O–H groups in total. The quantitative estimate of drug-likeness (QED) is 0.860. The van der Waals surface area contributed by atoms with Gasteiger partial charge in [0.1, 0.15) is 6.04 Å². The van der Waals surface area contributed by atoms with Crippen LogP contribution in [0.4, 0.5) is 8.78 Å². The standard InChI is InChI=1S/C13H12F2N2O3/c1-7(5-6-16)11(13(19)20)17-12(18)8-3-2-4-9(14)10(8)15/h2-4,7,11H,5H2,1H3,(H,17,18)(H,19,20)/t7-,11-/m0/s1. The lowest BCUT2D eigenvalue weighted by Gasteiger charge is -2.19. The van der Waals surface area contributed by atoms with Crippen molar-refractivity contribution in [3.63, 3.8) is 0 Å². The van der Waals surface area contributed by atoms with E-state index in [1.54, 1.807) is 6.07 Å². The molecule has 0 heterocycles. The molecule has 0 aliphatic heterocycles. The van der Waals surface area contributed by atoms with Gasteiger partial charge in [-0.1, -0.05) is 13.0 Å². The Morgan fingerprint density at radius 2 is 2.10 bits per heavy atom. The summed E-state index contributed by atoms with van der Waals surface area (Å²) in [5.74, 6) is -5.60. The number of carbonyl (C=O) groups is 2. The molecule has 106 valence electrons. The number of hydrogen-bond donors (Lipinski definition) is 2. The highest BCUT2D eigenvalue weighted by atomic mass is 19.2. The van der Waals surface area contributed by atoms with E-state index in [9.17, 15) is 18.4 Å². The summed E-state index contributed by atoms with van der Waals surface area (Å²) in [4.78, 5) is 22.8. The van der Waals surface area contributed by atoms with Crippen molar-refractivity contribution in [2.24, 2.45) is 5.92 Å². The molecule has 0 fully saturated rings. The minimum absolute atomic E-state index is 0.0944. The summed E-state index contributed by atoms with van der Waals surface area (Å²) in [5.41, 5.74) is -0.583. The molecule has 0 aliphatic carbocycles. The summed E-state index contributed by atoms with van der Waals surface area (Å²) in [6.07, 6.45) is -0.0944. The molecule has 0 spiro atoms. The normalized spacial score (nSPS) is 13.1. The van der Waals surface area contributed by atoms with Crippen molar-refractivity contribution in [2.45, 2.75) is 19.4 Å². The van der Waals surface area contributed by atoms with Gasteiger partial charge in [-0.15, -0.1) is 0 Å². The van der Waals surface area contributed by atoms with E-state index in [4.69, 9.17) is 10.4 Å². The van der Waals surface area contributed by atoms with Crippen molar-refractivity contribution in [3.05, 3.63) is 35.4 Å². The Hall–Kier alpha value is -2.49. The van der Waals surface area contributed by atoms with Gasteiger partial charge in [0.2, 0.25) is 0 Å². The molecule has 1 rings (SSSR count). The molecule has 7 heteroatoms. The number of halogens is 2. The van der Waals surface area contributed by atoms with E-state index in [-0.39, 0.29) is 6.42 Å². The third-order valence-corrected chi connectivity index (χ3v) is 2.73. The maximum Gasteiger partial charge on any atom is 0.326 e. The molecule has 1 aromatic carbocycles. The molecule has 5 nitrogen and oxygen atoms in total. The Labute approximate surface area is 113 Å². The highest BCUT2D eigenvalue weighted by Gasteiger charge is 2.28. The second-order valence-corrected chi connectivity index (χ2v) is 4.23. The topological polar surface area (TPSA) is 90.2 Å². The van der Waals surface area contributed by atoms with Crippen LogP contribution in [0.2, 0.25) is 0 Å². The zero-order valence-electron chi connectivity index (χ0n) is 10.6. The fourth-order valence-electron chi connectivity index (χ4n) is 1.61. The van der Waals surface area contributed by atoms with Gasteiger partial charge in [0, 0.05) is 12.3 Å². The van der Waals surface area contributed by atoms with Crippen molar-refractivity contribution in [1.82, 2.24) is 5.32 Å². The molecule has 0 aliphatic rings. The number of nitrogens with zero attached hydrogens (tertiary/aromatic N) is 1. The van der Waals surface area contributed by atoms with E-state index in [2.05, 4.69) is 5.32 Å². The first-order chi connectivity index (χ1) is 9.38. The lowest BCUT2D eigenvalue weighted by Crippen LogP contribution is -2.45. The fourth-order valence-corrected chi connectivity index (χ4v) is 1.61. The Balaban J connectivity index is 2.95. The maximum absolute atomic E-state index is 13.4. The highest BCUT2D eigenvalue weighted by molar-refractivity contribution is 5.96. The minimum atomic E-state index is -1.36.